The Bertz CT molecular complexity index is 1550. The number of carbonyl (C=O) groups excluding carboxylic acids is 5. The van der Waals surface area contributed by atoms with E-state index in [0.717, 1.165) is 10.5 Å². The van der Waals surface area contributed by atoms with Gasteiger partial charge in [-0.2, -0.15) is 0 Å². The van der Waals surface area contributed by atoms with Gasteiger partial charge in [-0.3, -0.25) is 19.7 Å². The number of barbiturate groups is 1. The van der Waals surface area contributed by atoms with E-state index in [-0.39, 0.29) is 41.7 Å². The fourth-order valence-electron chi connectivity index (χ4n) is 3.99. The SMILES string of the molecule is CCOc1cc(/C=C2\C(=O)NC(=O)N(c3ccc(C(=O)OC)cc3)C2=O)ccc1OCC(=O)Nc1cccc(C)c1. The van der Waals surface area contributed by atoms with Crippen molar-refractivity contribution in [1.29, 1.82) is 0 Å². The average molecular weight is 558 g/mol. The lowest BCUT2D eigenvalue weighted by molar-refractivity contribution is -0.122. The number of nitrogens with one attached hydrogen (secondary N) is 2. The molecule has 3 aromatic carbocycles. The largest absolute Gasteiger partial charge is 0.490 e. The average Bonchev–Trinajstić information content (AvgIpc) is 2.95. The minimum atomic E-state index is -0.925. The number of amides is 5. The van der Waals surface area contributed by atoms with Gasteiger partial charge in [-0.1, -0.05) is 18.2 Å². The zero-order valence-electron chi connectivity index (χ0n) is 22.6. The third-order valence-corrected chi connectivity index (χ3v) is 5.89. The molecule has 11 nitrogen and oxygen atoms in total. The van der Waals surface area contributed by atoms with Crippen molar-refractivity contribution in [3.8, 4) is 11.5 Å². The van der Waals surface area contributed by atoms with Gasteiger partial charge in [-0.15, -0.1) is 0 Å². The molecule has 1 aliphatic rings. The highest BCUT2D eigenvalue weighted by molar-refractivity contribution is 6.39. The highest BCUT2D eigenvalue weighted by Gasteiger charge is 2.37. The summed E-state index contributed by atoms with van der Waals surface area (Å²) in [6.07, 6.45) is 1.32. The van der Waals surface area contributed by atoms with Crippen LogP contribution < -0.4 is 25.0 Å². The highest BCUT2D eigenvalue weighted by atomic mass is 16.5. The fourth-order valence-corrected chi connectivity index (χ4v) is 3.99. The normalized spacial score (nSPS) is 14.0. The fraction of sp³-hybridized carbons (Fsp3) is 0.167. The number of aryl methyl sites for hydroxylation is 1. The zero-order chi connectivity index (χ0) is 29.5. The van der Waals surface area contributed by atoms with Crippen LogP contribution in [0, 0.1) is 6.92 Å². The molecular formula is C30H27N3O8. The van der Waals surface area contributed by atoms with E-state index in [4.69, 9.17) is 9.47 Å². The molecule has 1 fully saturated rings. The summed E-state index contributed by atoms with van der Waals surface area (Å²) in [5.74, 6) is -2.08. The van der Waals surface area contributed by atoms with Crippen LogP contribution in [0.15, 0.2) is 72.3 Å². The Labute approximate surface area is 235 Å². The van der Waals surface area contributed by atoms with Crippen molar-refractivity contribution in [2.75, 3.05) is 30.5 Å². The molecule has 1 saturated heterocycles. The van der Waals surface area contributed by atoms with E-state index >= 15 is 0 Å². The summed E-state index contributed by atoms with van der Waals surface area (Å²) < 4.78 is 16.0. The van der Waals surface area contributed by atoms with Crippen molar-refractivity contribution in [2.45, 2.75) is 13.8 Å². The number of ether oxygens (including phenoxy) is 3. The first-order valence-corrected chi connectivity index (χ1v) is 12.6. The van der Waals surface area contributed by atoms with Gasteiger partial charge in [0, 0.05) is 5.69 Å². The van der Waals surface area contributed by atoms with Crippen LogP contribution in [0.25, 0.3) is 6.08 Å². The van der Waals surface area contributed by atoms with Crippen molar-refractivity contribution in [3.05, 3.63) is 89.0 Å². The van der Waals surface area contributed by atoms with Crippen LogP contribution in [0.3, 0.4) is 0 Å². The van der Waals surface area contributed by atoms with E-state index < -0.39 is 23.8 Å². The molecule has 0 spiro atoms. The second-order valence-corrected chi connectivity index (χ2v) is 8.84. The first kappa shape index (κ1) is 28.6. The Morgan fingerprint density at radius 1 is 0.951 bits per heavy atom. The summed E-state index contributed by atoms with van der Waals surface area (Å²) >= 11 is 0. The van der Waals surface area contributed by atoms with Gasteiger partial charge in [-0.25, -0.2) is 14.5 Å². The molecule has 4 rings (SSSR count). The van der Waals surface area contributed by atoms with E-state index in [1.807, 2.05) is 25.1 Å². The third kappa shape index (κ3) is 6.77. The predicted molar refractivity (Wildman–Crippen MR) is 150 cm³/mol. The van der Waals surface area contributed by atoms with E-state index in [1.165, 1.54) is 37.5 Å². The molecule has 1 aliphatic heterocycles. The number of methoxy groups -OCH3 is 1. The van der Waals surface area contributed by atoms with Crippen LogP contribution in [0.4, 0.5) is 16.2 Å². The first-order chi connectivity index (χ1) is 19.7. The van der Waals surface area contributed by atoms with Gasteiger partial charge >= 0.3 is 12.0 Å². The summed E-state index contributed by atoms with van der Waals surface area (Å²) in [5, 5.41) is 4.91. The Morgan fingerprint density at radius 3 is 2.39 bits per heavy atom. The number of rotatable bonds is 9. The van der Waals surface area contributed by atoms with Crippen LogP contribution in [0.1, 0.15) is 28.4 Å². The predicted octanol–water partition coefficient (Wildman–Crippen LogP) is 3.86. The number of benzene rings is 3. The minimum absolute atomic E-state index is 0.154. The van der Waals surface area contributed by atoms with Crippen molar-refractivity contribution in [3.63, 3.8) is 0 Å². The second kappa shape index (κ2) is 12.6. The van der Waals surface area contributed by atoms with Crippen LogP contribution in [0.2, 0.25) is 0 Å². The molecule has 3 aromatic rings. The Balaban J connectivity index is 1.53. The lowest BCUT2D eigenvalue weighted by Gasteiger charge is -2.26. The first-order valence-electron chi connectivity index (χ1n) is 12.6. The molecule has 0 radical (unpaired) electrons. The second-order valence-electron chi connectivity index (χ2n) is 8.84. The summed E-state index contributed by atoms with van der Waals surface area (Å²) in [6, 6.07) is 16.7. The molecule has 1 heterocycles. The lowest BCUT2D eigenvalue weighted by atomic mass is 10.1. The smallest absolute Gasteiger partial charge is 0.337 e. The summed E-state index contributed by atoms with van der Waals surface area (Å²) in [4.78, 5) is 63.2. The number of hydrogen-bond acceptors (Lipinski definition) is 8. The molecule has 0 unspecified atom stereocenters. The quantitative estimate of drug-likeness (QED) is 0.230. The topological polar surface area (TPSA) is 140 Å². The van der Waals surface area contributed by atoms with Gasteiger partial charge in [0.05, 0.1) is 25.0 Å². The van der Waals surface area contributed by atoms with Gasteiger partial charge < -0.3 is 19.5 Å². The Morgan fingerprint density at radius 2 is 1.71 bits per heavy atom. The standard InChI is InChI=1S/C30H27N3O8/c1-4-40-25-16-19(8-13-24(25)41-17-26(34)31-21-7-5-6-18(2)14-21)15-23-27(35)32-30(38)33(28(23)36)22-11-9-20(10-12-22)29(37)39-3/h5-16H,4,17H2,1-3H3,(H,31,34)(H,32,35,38)/b23-15+. The van der Waals surface area contributed by atoms with Crippen molar-refractivity contribution < 1.29 is 38.2 Å². The molecule has 0 atom stereocenters. The van der Waals surface area contributed by atoms with Crippen molar-refractivity contribution in [1.82, 2.24) is 5.32 Å². The number of urea groups is 1. The van der Waals surface area contributed by atoms with Crippen molar-refractivity contribution >= 4 is 47.2 Å². The number of imide groups is 2. The molecule has 0 bridgehead atoms. The summed E-state index contributed by atoms with van der Waals surface area (Å²) in [7, 11) is 1.24. The van der Waals surface area contributed by atoms with Gasteiger partial charge in [0.1, 0.15) is 5.57 Å². The maximum Gasteiger partial charge on any atom is 0.337 e. The van der Waals surface area contributed by atoms with Crippen LogP contribution in [-0.4, -0.2) is 50.0 Å². The van der Waals surface area contributed by atoms with Gasteiger partial charge in [0.15, 0.2) is 18.1 Å². The number of esters is 1. The van der Waals surface area contributed by atoms with E-state index in [1.54, 1.807) is 31.2 Å². The van der Waals surface area contributed by atoms with Crippen molar-refractivity contribution in [2.24, 2.45) is 0 Å². The number of hydrogen-bond donors (Lipinski definition) is 2. The van der Waals surface area contributed by atoms with Gasteiger partial charge in [-0.05, 0) is 79.6 Å². The molecule has 0 aliphatic carbocycles. The van der Waals surface area contributed by atoms with Crippen LogP contribution >= 0.6 is 0 Å². The molecule has 0 saturated carbocycles. The molecule has 5 amide bonds. The minimum Gasteiger partial charge on any atom is -0.490 e. The van der Waals surface area contributed by atoms with Gasteiger partial charge in [0.2, 0.25) is 0 Å². The van der Waals surface area contributed by atoms with Crippen LogP contribution in [-0.2, 0) is 19.1 Å². The summed E-state index contributed by atoms with van der Waals surface area (Å²) in [6.45, 7) is 3.70. The van der Waals surface area contributed by atoms with E-state index in [0.29, 0.717) is 17.0 Å². The number of anilines is 2. The lowest BCUT2D eigenvalue weighted by Crippen LogP contribution is -2.54. The Kier molecular flexibility index (Phi) is 8.78. The molecule has 210 valence electrons. The van der Waals surface area contributed by atoms with Gasteiger partial charge in [0.25, 0.3) is 17.7 Å². The molecule has 41 heavy (non-hydrogen) atoms. The molecule has 0 aromatic heterocycles. The molecular weight excluding hydrogens is 530 g/mol. The molecule has 2 N–H and O–H groups in total. The number of carbonyl (C=O) groups is 5. The zero-order valence-corrected chi connectivity index (χ0v) is 22.6. The molecule has 11 heteroatoms. The highest BCUT2D eigenvalue weighted by Crippen LogP contribution is 2.30. The van der Waals surface area contributed by atoms with E-state index in [2.05, 4.69) is 15.4 Å². The van der Waals surface area contributed by atoms with E-state index in [9.17, 15) is 24.0 Å². The maximum atomic E-state index is 13.2. The Hall–Kier alpha value is -5.45. The number of nitrogens with zero attached hydrogens (tertiary/aromatic N) is 1. The maximum absolute atomic E-state index is 13.2. The monoisotopic (exact) mass is 557 g/mol. The third-order valence-electron chi connectivity index (χ3n) is 5.89. The van der Waals surface area contributed by atoms with Crippen LogP contribution in [0.5, 0.6) is 11.5 Å². The summed E-state index contributed by atoms with van der Waals surface area (Å²) in [5.41, 5.74) is 2.15.